The SMILES string of the molecule is N[C@H](CC1CCCCC1)C(O)C(=O)NC(=O)CCCC1CCCCC1. The van der Waals surface area contributed by atoms with E-state index in [4.69, 9.17) is 5.73 Å². The molecule has 1 unspecified atom stereocenters. The molecule has 0 radical (unpaired) electrons. The highest BCUT2D eigenvalue weighted by Gasteiger charge is 2.27. The van der Waals surface area contributed by atoms with E-state index in [1.807, 2.05) is 0 Å². The summed E-state index contributed by atoms with van der Waals surface area (Å²) in [6.07, 6.45) is 14.0. The Hall–Kier alpha value is -0.940. The molecular weight excluding hydrogens is 316 g/mol. The van der Waals surface area contributed by atoms with Crippen LogP contribution in [0, 0.1) is 11.8 Å². The minimum absolute atomic E-state index is 0.287. The number of rotatable bonds is 8. The van der Waals surface area contributed by atoms with Crippen LogP contribution in [0.5, 0.6) is 0 Å². The van der Waals surface area contributed by atoms with Gasteiger partial charge < -0.3 is 10.8 Å². The summed E-state index contributed by atoms with van der Waals surface area (Å²) >= 11 is 0. The lowest BCUT2D eigenvalue weighted by molar-refractivity contribution is -0.136. The van der Waals surface area contributed by atoms with Crippen LogP contribution in [0.2, 0.25) is 0 Å². The molecular formula is C20H36N2O3. The van der Waals surface area contributed by atoms with E-state index in [0.717, 1.165) is 31.6 Å². The van der Waals surface area contributed by atoms with Crippen molar-refractivity contribution in [3.8, 4) is 0 Å². The number of hydrogen-bond donors (Lipinski definition) is 3. The quantitative estimate of drug-likeness (QED) is 0.626. The van der Waals surface area contributed by atoms with Crippen molar-refractivity contribution in [1.82, 2.24) is 5.32 Å². The van der Waals surface area contributed by atoms with Crippen LogP contribution < -0.4 is 11.1 Å². The molecule has 25 heavy (non-hydrogen) atoms. The lowest BCUT2D eigenvalue weighted by atomic mass is 9.84. The van der Waals surface area contributed by atoms with Gasteiger partial charge >= 0.3 is 0 Å². The van der Waals surface area contributed by atoms with Gasteiger partial charge in [0.1, 0.15) is 6.10 Å². The summed E-state index contributed by atoms with van der Waals surface area (Å²) in [7, 11) is 0. The maximum atomic E-state index is 12.0. The molecule has 0 aromatic heterocycles. The molecule has 2 atom stereocenters. The number of aliphatic hydroxyl groups excluding tert-OH is 1. The Morgan fingerprint density at radius 2 is 1.52 bits per heavy atom. The van der Waals surface area contributed by atoms with Crippen molar-refractivity contribution in [2.75, 3.05) is 0 Å². The summed E-state index contributed by atoms with van der Waals surface area (Å²) in [4.78, 5) is 24.0. The van der Waals surface area contributed by atoms with Gasteiger partial charge in [0, 0.05) is 12.5 Å². The molecule has 2 rings (SSSR count). The second-order valence-electron chi connectivity index (χ2n) is 8.16. The van der Waals surface area contributed by atoms with E-state index in [9.17, 15) is 14.7 Å². The van der Waals surface area contributed by atoms with Gasteiger partial charge in [0.15, 0.2) is 0 Å². The molecule has 4 N–H and O–H groups in total. The zero-order valence-electron chi connectivity index (χ0n) is 15.5. The van der Waals surface area contributed by atoms with Crippen molar-refractivity contribution < 1.29 is 14.7 Å². The first-order chi connectivity index (χ1) is 12.1. The van der Waals surface area contributed by atoms with E-state index >= 15 is 0 Å². The molecule has 0 heterocycles. The number of nitrogens with one attached hydrogen (secondary N) is 1. The van der Waals surface area contributed by atoms with Gasteiger partial charge in [-0.15, -0.1) is 0 Å². The van der Waals surface area contributed by atoms with E-state index in [1.54, 1.807) is 0 Å². The molecule has 2 aliphatic rings. The van der Waals surface area contributed by atoms with Crippen LogP contribution >= 0.6 is 0 Å². The average molecular weight is 353 g/mol. The second-order valence-corrected chi connectivity index (χ2v) is 8.16. The maximum Gasteiger partial charge on any atom is 0.257 e. The van der Waals surface area contributed by atoms with E-state index in [1.165, 1.54) is 51.4 Å². The van der Waals surface area contributed by atoms with Crippen LogP contribution in [0.4, 0.5) is 0 Å². The van der Waals surface area contributed by atoms with Gasteiger partial charge in [-0.3, -0.25) is 14.9 Å². The molecule has 0 bridgehead atoms. The number of carbonyl (C=O) groups is 2. The van der Waals surface area contributed by atoms with Crippen LogP contribution in [-0.2, 0) is 9.59 Å². The third-order valence-electron chi connectivity index (χ3n) is 6.01. The van der Waals surface area contributed by atoms with Gasteiger partial charge in [-0.25, -0.2) is 0 Å². The molecule has 5 heteroatoms. The summed E-state index contributed by atoms with van der Waals surface area (Å²) < 4.78 is 0. The Morgan fingerprint density at radius 1 is 0.960 bits per heavy atom. The zero-order chi connectivity index (χ0) is 18.1. The molecule has 0 spiro atoms. The minimum atomic E-state index is -1.29. The third-order valence-corrected chi connectivity index (χ3v) is 6.01. The van der Waals surface area contributed by atoms with E-state index in [-0.39, 0.29) is 5.91 Å². The Labute approximate surface area is 152 Å². The van der Waals surface area contributed by atoms with Crippen molar-refractivity contribution in [3.63, 3.8) is 0 Å². The predicted molar refractivity (Wildman–Crippen MR) is 98.7 cm³/mol. The van der Waals surface area contributed by atoms with Crippen molar-refractivity contribution >= 4 is 11.8 Å². The first-order valence-electron chi connectivity index (χ1n) is 10.3. The number of hydrogen-bond acceptors (Lipinski definition) is 4. The minimum Gasteiger partial charge on any atom is -0.382 e. The summed E-state index contributed by atoms with van der Waals surface area (Å²) in [5, 5.41) is 12.4. The Kier molecular flexibility index (Phi) is 8.90. The summed E-state index contributed by atoms with van der Waals surface area (Å²) in [5.74, 6) is 0.319. The lowest BCUT2D eigenvalue weighted by Crippen LogP contribution is -2.48. The number of aliphatic hydroxyl groups is 1. The molecule has 5 nitrogen and oxygen atoms in total. The third kappa shape index (κ3) is 7.45. The summed E-state index contributed by atoms with van der Waals surface area (Å²) in [6, 6.07) is -0.585. The highest BCUT2D eigenvalue weighted by atomic mass is 16.3. The lowest BCUT2D eigenvalue weighted by Gasteiger charge is -2.26. The maximum absolute atomic E-state index is 12.0. The summed E-state index contributed by atoms with van der Waals surface area (Å²) in [5.41, 5.74) is 6.00. The predicted octanol–water partition coefficient (Wildman–Crippen LogP) is 3.04. The second kappa shape index (κ2) is 10.9. The van der Waals surface area contributed by atoms with Crippen molar-refractivity contribution in [3.05, 3.63) is 0 Å². The van der Waals surface area contributed by atoms with Gasteiger partial charge in [-0.2, -0.15) is 0 Å². The summed E-state index contributed by atoms with van der Waals surface area (Å²) in [6.45, 7) is 0. The molecule has 2 aliphatic carbocycles. The molecule has 0 aromatic rings. The van der Waals surface area contributed by atoms with E-state index in [0.29, 0.717) is 18.8 Å². The van der Waals surface area contributed by atoms with Crippen LogP contribution in [0.3, 0.4) is 0 Å². The molecule has 2 saturated carbocycles. The van der Waals surface area contributed by atoms with Gasteiger partial charge in [0.2, 0.25) is 5.91 Å². The monoisotopic (exact) mass is 352 g/mol. The van der Waals surface area contributed by atoms with Crippen LogP contribution in [0.25, 0.3) is 0 Å². The first-order valence-corrected chi connectivity index (χ1v) is 10.3. The molecule has 2 fully saturated rings. The zero-order valence-corrected chi connectivity index (χ0v) is 15.5. The van der Waals surface area contributed by atoms with E-state index < -0.39 is 18.1 Å². The number of imide groups is 1. The smallest absolute Gasteiger partial charge is 0.257 e. The van der Waals surface area contributed by atoms with Gasteiger partial charge in [-0.1, -0.05) is 64.2 Å². The van der Waals surface area contributed by atoms with Crippen molar-refractivity contribution in [1.29, 1.82) is 0 Å². The molecule has 0 saturated heterocycles. The molecule has 2 amide bonds. The largest absolute Gasteiger partial charge is 0.382 e. The fraction of sp³-hybridized carbons (Fsp3) is 0.900. The average Bonchev–Trinajstić information content (AvgIpc) is 2.62. The highest BCUT2D eigenvalue weighted by Crippen LogP contribution is 2.28. The van der Waals surface area contributed by atoms with Crippen LogP contribution in [-0.4, -0.2) is 29.1 Å². The standard InChI is InChI=1S/C20H36N2O3/c21-17(14-16-10-5-2-6-11-16)19(24)20(25)22-18(23)13-7-12-15-8-3-1-4-9-15/h15-17,19,24H,1-14,21H2,(H,22,23,25)/t17-,19?/m1/s1. The van der Waals surface area contributed by atoms with Gasteiger partial charge in [-0.05, 0) is 31.1 Å². The Bertz CT molecular complexity index is 415. The van der Waals surface area contributed by atoms with Crippen molar-refractivity contribution in [2.24, 2.45) is 17.6 Å². The van der Waals surface area contributed by atoms with Crippen LogP contribution in [0.1, 0.15) is 89.9 Å². The first kappa shape index (κ1) is 20.4. The molecule has 144 valence electrons. The van der Waals surface area contributed by atoms with Crippen molar-refractivity contribution in [2.45, 2.75) is 102 Å². The topological polar surface area (TPSA) is 92.4 Å². The fourth-order valence-electron chi connectivity index (χ4n) is 4.43. The highest BCUT2D eigenvalue weighted by molar-refractivity contribution is 5.97. The van der Waals surface area contributed by atoms with Gasteiger partial charge in [0.25, 0.3) is 5.91 Å². The van der Waals surface area contributed by atoms with E-state index in [2.05, 4.69) is 5.32 Å². The number of nitrogens with two attached hydrogens (primary N) is 1. The Morgan fingerprint density at radius 3 is 2.12 bits per heavy atom. The van der Waals surface area contributed by atoms with Crippen LogP contribution in [0.15, 0.2) is 0 Å². The van der Waals surface area contributed by atoms with Gasteiger partial charge in [0.05, 0.1) is 0 Å². The number of carbonyl (C=O) groups excluding carboxylic acids is 2. The molecule has 0 aliphatic heterocycles. The Balaban J connectivity index is 1.62. The normalized spacial score (nSPS) is 22.3. The molecule has 0 aromatic carbocycles. The fourth-order valence-corrected chi connectivity index (χ4v) is 4.43. The number of amides is 2.